The summed E-state index contributed by atoms with van der Waals surface area (Å²) in [6.07, 6.45) is 5.34. The van der Waals surface area contributed by atoms with E-state index in [9.17, 15) is 4.79 Å². The average molecular weight is 195 g/mol. The third kappa shape index (κ3) is 3.22. The number of hydrogen-bond donors (Lipinski definition) is 3. The third-order valence-electron chi connectivity index (χ3n) is 2.07. The van der Waals surface area contributed by atoms with Crippen LogP contribution in [0.3, 0.4) is 0 Å². The minimum Gasteiger partial charge on any atom is -0.367 e. The minimum absolute atomic E-state index is 0.0759. The molecular weight excluding hydrogens is 178 g/mol. The lowest BCUT2D eigenvalue weighted by molar-refractivity contribution is -0.122. The molecule has 1 rings (SSSR count). The molecule has 1 atom stereocenters. The molecule has 0 saturated heterocycles. The monoisotopic (exact) mass is 195 g/mol. The zero-order valence-electron chi connectivity index (χ0n) is 8.42. The molecule has 78 valence electrons. The highest BCUT2D eigenvalue weighted by Crippen LogP contribution is 1.97. The number of H-pyrrole nitrogens is 1. The van der Waals surface area contributed by atoms with E-state index in [-0.39, 0.29) is 11.9 Å². The molecule has 0 saturated carbocycles. The van der Waals surface area contributed by atoms with Gasteiger partial charge < -0.3 is 16.0 Å². The van der Waals surface area contributed by atoms with Crippen molar-refractivity contribution in [1.82, 2.24) is 10.3 Å². The number of carbonyl (C=O) groups is 1. The van der Waals surface area contributed by atoms with Crippen molar-refractivity contribution in [3.63, 3.8) is 0 Å². The summed E-state index contributed by atoms with van der Waals surface area (Å²) in [6.45, 7) is 2.55. The molecule has 1 aromatic rings. The molecule has 0 bridgehead atoms. The summed E-state index contributed by atoms with van der Waals surface area (Å²) >= 11 is 0. The molecule has 0 radical (unpaired) electrons. The average Bonchev–Trinajstić information content (AvgIpc) is 2.67. The summed E-state index contributed by atoms with van der Waals surface area (Å²) in [5, 5.41) is 2.79. The van der Waals surface area contributed by atoms with Gasteiger partial charge >= 0.3 is 0 Å². The quantitative estimate of drug-likeness (QED) is 0.649. The second-order valence-electron chi connectivity index (χ2n) is 3.33. The van der Waals surface area contributed by atoms with Crippen LogP contribution >= 0.6 is 0 Å². The maximum absolute atomic E-state index is 11.4. The Bertz CT molecular complexity index is 269. The van der Waals surface area contributed by atoms with Crippen LogP contribution in [0.15, 0.2) is 18.5 Å². The second-order valence-corrected chi connectivity index (χ2v) is 3.33. The van der Waals surface area contributed by atoms with Crippen LogP contribution in [0, 0.1) is 0 Å². The maximum atomic E-state index is 11.4. The summed E-state index contributed by atoms with van der Waals surface area (Å²) < 4.78 is 0. The lowest BCUT2D eigenvalue weighted by atomic mass is 10.1. The van der Waals surface area contributed by atoms with Gasteiger partial charge in [0.2, 0.25) is 5.91 Å². The summed E-state index contributed by atoms with van der Waals surface area (Å²) in [7, 11) is 0. The minimum atomic E-state index is -0.376. The molecule has 0 aliphatic carbocycles. The number of hydrogen-bond acceptors (Lipinski definition) is 2. The predicted molar refractivity (Wildman–Crippen MR) is 55.5 cm³/mol. The molecule has 1 unspecified atom stereocenters. The fourth-order valence-corrected chi connectivity index (χ4v) is 1.23. The fourth-order valence-electron chi connectivity index (χ4n) is 1.23. The highest BCUT2D eigenvalue weighted by atomic mass is 16.2. The van der Waals surface area contributed by atoms with Gasteiger partial charge in [-0.3, -0.25) is 4.79 Å². The predicted octanol–water partition coefficient (Wildman–Crippen LogP) is 0.758. The van der Waals surface area contributed by atoms with E-state index in [1.165, 1.54) is 0 Å². The van der Waals surface area contributed by atoms with Gasteiger partial charge in [-0.05, 0) is 18.1 Å². The van der Waals surface area contributed by atoms with Gasteiger partial charge in [0.05, 0.1) is 6.04 Å². The van der Waals surface area contributed by atoms with Gasteiger partial charge in [0.1, 0.15) is 0 Å². The number of rotatable bonds is 5. The smallest absolute Gasteiger partial charge is 0.237 e. The first-order valence-electron chi connectivity index (χ1n) is 4.89. The Balaban J connectivity index is 2.27. The van der Waals surface area contributed by atoms with E-state index in [1.807, 2.05) is 25.4 Å². The van der Waals surface area contributed by atoms with Crippen molar-refractivity contribution in [3.05, 3.63) is 24.0 Å². The lowest BCUT2D eigenvalue weighted by Crippen LogP contribution is -2.39. The van der Waals surface area contributed by atoms with E-state index in [2.05, 4.69) is 10.3 Å². The zero-order valence-corrected chi connectivity index (χ0v) is 8.42. The van der Waals surface area contributed by atoms with Gasteiger partial charge in [-0.15, -0.1) is 0 Å². The third-order valence-corrected chi connectivity index (χ3v) is 2.07. The Kier molecular flexibility index (Phi) is 4.19. The second kappa shape index (κ2) is 5.44. The van der Waals surface area contributed by atoms with Crippen molar-refractivity contribution < 1.29 is 4.79 Å². The van der Waals surface area contributed by atoms with Crippen molar-refractivity contribution >= 4 is 5.91 Å². The Morgan fingerprint density at radius 1 is 1.71 bits per heavy atom. The maximum Gasteiger partial charge on any atom is 0.237 e. The molecule has 4 nitrogen and oxygen atoms in total. The Labute approximate surface area is 83.9 Å². The van der Waals surface area contributed by atoms with Crippen LogP contribution < -0.4 is 11.1 Å². The van der Waals surface area contributed by atoms with Gasteiger partial charge in [0.25, 0.3) is 0 Å². The number of aromatic nitrogens is 1. The van der Waals surface area contributed by atoms with E-state index < -0.39 is 0 Å². The molecule has 0 aliphatic heterocycles. The SMILES string of the molecule is CCCC(N)C(=O)NCc1cc[nH]c1. The molecule has 0 spiro atoms. The summed E-state index contributed by atoms with van der Waals surface area (Å²) in [5.74, 6) is -0.0759. The van der Waals surface area contributed by atoms with Gasteiger partial charge in [0, 0.05) is 18.9 Å². The van der Waals surface area contributed by atoms with Crippen LogP contribution in [0.4, 0.5) is 0 Å². The normalized spacial score (nSPS) is 12.4. The van der Waals surface area contributed by atoms with Crippen LogP contribution in [-0.4, -0.2) is 16.9 Å². The van der Waals surface area contributed by atoms with Crippen molar-refractivity contribution in [2.24, 2.45) is 5.73 Å². The van der Waals surface area contributed by atoms with Crippen molar-refractivity contribution in [3.8, 4) is 0 Å². The first kappa shape index (κ1) is 10.8. The zero-order chi connectivity index (χ0) is 10.4. The molecule has 0 aromatic carbocycles. The number of carbonyl (C=O) groups excluding carboxylic acids is 1. The standard InChI is InChI=1S/C10H17N3O/c1-2-3-9(11)10(14)13-7-8-4-5-12-6-8/h4-6,9,12H,2-3,7,11H2,1H3,(H,13,14). The fraction of sp³-hybridized carbons (Fsp3) is 0.500. The number of nitrogens with two attached hydrogens (primary N) is 1. The topological polar surface area (TPSA) is 70.9 Å². The molecule has 1 amide bonds. The highest BCUT2D eigenvalue weighted by Gasteiger charge is 2.10. The number of aromatic amines is 1. The van der Waals surface area contributed by atoms with Crippen LogP contribution in [0.1, 0.15) is 25.3 Å². The van der Waals surface area contributed by atoms with Gasteiger partial charge in [-0.2, -0.15) is 0 Å². The van der Waals surface area contributed by atoms with E-state index in [4.69, 9.17) is 5.73 Å². The first-order chi connectivity index (χ1) is 6.74. The molecule has 0 fully saturated rings. The molecular formula is C10H17N3O. The van der Waals surface area contributed by atoms with Crippen LogP contribution in [0.5, 0.6) is 0 Å². The molecule has 4 N–H and O–H groups in total. The van der Waals surface area contributed by atoms with Crippen LogP contribution in [0.2, 0.25) is 0 Å². The van der Waals surface area contributed by atoms with Gasteiger partial charge in [-0.1, -0.05) is 13.3 Å². The Morgan fingerprint density at radius 3 is 3.07 bits per heavy atom. The molecule has 4 heteroatoms. The van der Waals surface area contributed by atoms with E-state index in [0.717, 1.165) is 18.4 Å². The largest absolute Gasteiger partial charge is 0.367 e. The summed E-state index contributed by atoms with van der Waals surface area (Å²) in [5.41, 5.74) is 6.70. The molecule has 0 aliphatic rings. The molecule has 1 aromatic heterocycles. The molecule has 14 heavy (non-hydrogen) atoms. The van der Waals surface area contributed by atoms with Crippen LogP contribution in [-0.2, 0) is 11.3 Å². The van der Waals surface area contributed by atoms with E-state index in [0.29, 0.717) is 6.54 Å². The molecule has 1 heterocycles. The summed E-state index contributed by atoms with van der Waals surface area (Å²) in [6, 6.07) is 1.55. The van der Waals surface area contributed by atoms with Crippen molar-refractivity contribution in [1.29, 1.82) is 0 Å². The Morgan fingerprint density at radius 2 is 2.50 bits per heavy atom. The highest BCUT2D eigenvalue weighted by molar-refractivity contribution is 5.81. The number of nitrogens with one attached hydrogen (secondary N) is 2. The van der Waals surface area contributed by atoms with Crippen molar-refractivity contribution in [2.45, 2.75) is 32.4 Å². The van der Waals surface area contributed by atoms with Gasteiger partial charge in [0.15, 0.2) is 0 Å². The van der Waals surface area contributed by atoms with Crippen LogP contribution in [0.25, 0.3) is 0 Å². The van der Waals surface area contributed by atoms with Crippen molar-refractivity contribution in [2.75, 3.05) is 0 Å². The van der Waals surface area contributed by atoms with Gasteiger partial charge in [-0.25, -0.2) is 0 Å². The van der Waals surface area contributed by atoms with E-state index >= 15 is 0 Å². The van der Waals surface area contributed by atoms with E-state index in [1.54, 1.807) is 0 Å². The first-order valence-corrected chi connectivity index (χ1v) is 4.89. The Hall–Kier alpha value is -1.29. The summed E-state index contributed by atoms with van der Waals surface area (Å²) in [4.78, 5) is 14.3. The number of amides is 1. The lowest BCUT2D eigenvalue weighted by Gasteiger charge is -2.10.